The van der Waals surface area contributed by atoms with Gasteiger partial charge in [-0.25, -0.2) is 22.0 Å². The molecule has 1 aromatic heterocycles. The molecule has 12 heteroatoms. The standard InChI is InChI=1S/C27H28F2N4O5S/c1-17-8-9-23(18-6-4-3-5-7-18)39(36,37)33(17)14-19-12-22(29)20(13-21(19)28)27(15-26(2,35)16-27)24-31-32(11-10-30)25(34)38-24/h3-7,12-13,17,23,35H,8-9,11,14-16H2,1-2H3/t17-,23+,26-,27-/m0/s1. The molecule has 2 aromatic carbocycles. The smallest absolute Gasteiger partial charge is 0.391 e. The van der Waals surface area contributed by atoms with E-state index in [2.05, 4.69) is 5.10 Å². The Hall–Kier alpha value is -3.40. The van der Waals surface area contributed by atoms with E-state index in [4.69, 9.17) is 9.68 Å². The number of rotatable bonds is 6. The number of aliphatic hydroxyl groups is 1. The van der Waals surface area contributed by atoms with Gasteiger partial charge in [-0.2, -0.15) is 14.2 Å². The zero-order valence-electron chi connectivity index (χ0n) is 21.5. The fourth-order valence-electron chi connectivity index (χ4n) is 5.97. The number of nitrogens with zero attached hydrogens (tertiary/aromatic N) is 4. The van der Waals surface area contributed by atoms with Crippen LogP contribution in [0, 0.1) is 23.0 Å². The van der Waals surface area contributed by atoms with Crippen LogP contribution < -0.4 is 5.76 Å². The van der Waals surface area contributed by atoms with E-state index in [1.807, 2.05) is 0 Å². The molecule has 1 aliphatic carbocycles. The van der Waals surface area contributed by atoms with Gasteiger partial charge in [-0.05, 0) is 57.2 Å². The van der Waals surface area contributed by atoms with Crippen LogP contribution in [-0.2, 0) is 28.5 Å². The minimum absolute atomic E-state index is 0.0987. The van der Waals surface area contributed by atoms with Crippen LogP contribution in [0.25, 0.3) is 0 Å². The van der Waals surface area contributed by atoms with E-state index in [9.17, 15) is 18.3 Å². The molecule has 0 bridgehead atoms. The fraction of sp³-hybridized carbons (Fsp3) is 0.444. The molecule has 0 unspecified atom stereocenters. The summed E-state index contributed by atoms with van der Waals surface area (Å²) in [5.41, 5.74) is -2.35. The summed E-state index contributed by atoms with van der Waals surface area (Å²) in [5.74, 6) is -2.83. The highest BCUT2D eigenvalue weighted by Crippen LogP contribution is 2.54. The number of benzene rings is 2. The van der Waals surface area contributed by atoms with Crippen molar-refractivity contribution in [2.24, 2.45) is 0 Å². The largest absolute Gasteiger partial charge is 0.438 e. The van der Waals surface area contributed by atoms with Gasteiger partial charge in [0, 0.05) is 23.7 Å². The minimum atomic E-state index is -3.87. The molecule has 3 aromatic rings. The molecule has 1 N–H and O–H groups in total. The van der Waals surface area contributed by atoms with Crippen LogP contribution in [0.15, 0.2) is 51.7 Å². The Morgan fingerprint density at radius 2 is 1.87 bits per heavy atom. The quantitative estimate of drug-likeness (QED) is 0.490. The molecule has 0 radical (unpaired) electrons. The van der Waals surface area contributed by atoms with E-state index in [1.54, 1.807) is 43.3 Å². The third kappa shape index (κ3) is 4.68. The first-order valence-corrected chi connectivity index (χ1v) is 14.1. The monoisotopic (exact) mass is 558 g/mol. The predicted molar refractivity (Wildman–Crippen MR) is 136 cm³/mol. The van der Waals surface area contributed by atoms with E-state index >= 15 is 8.78 Å². The average molecular weight is 559 g/mol. The summed E-state index contributed by atoms with van der Waals surface area (Å²) >= 11 is 0. The van der Waals surface area contributed by atoms with Crippen LogP contribution in [0.1, 0.15) is 67.4 Å². The second-order valence-corrected chi connectivity index (χ2v) is 12.8. The molecule has 1 aliphatic heterocycles. The summed E-state index contributed by atoms with van der Waals surface area (Å²) in [5, 5.41) is 22.6. The average Bonchev–Trinajstić information content (AvgIpc) is 3.23. The SMILES string of the molecule is C[C@H]1CC[C@H](c2ccccc2)S(=O)(=O)N1Cc1cc(F)c([C@]2(c3nn(CC#N)c(=O)o3)C[C@](C)(O)C2)cc1F. The van der Waals surface area contributed by atoms with Gasteiger partial charge in [0.1, 0.15) is 23.4 Å². The number of hydrogen-bond acceptors (Lipinski definition) is 7. The molecule has 2 atom stereocenters. The molecule has 5 rings (SSSR count). The first-order chi connectivity index (χ1) is 18.4. The Bertz CT molecular complexity index is 1600. The number of halogens is 2. The van der Waals surface area contributed by atoms with Crippen LogP contribution in [0.2, 0.25) is 0 Å². The summed E-state index contributed by atoms with van der Waals surface area (Å²) in [4.78, 5) is 12.1. The molecule has 1 saturated heterocycles. The lowest BCUT2D eigenvalue weighted by Gasteiger charge is -2.49. The molecule has 1 saturated carbocycles. The first kappa shape index (κ1) is 27.2. The van der Waals surface area contributed by atoms with Crippen LogP contribution in [0.4, 0.5) is 8.78 Å². The van der Waals surface area contributed by atoms with Crippen molar-refractivity contribution in [3.05, 3.63) is 87.2 Å². The molecule has 9 nitrogen and oxygen atoms in total. The lowest BCUT2D eigenvalue weighted by atomic mass is 9.56. The van der Waals surface area contributed by atoms with Gasteiger partial charge in [0.05, 0.1) is 17.1 Å². The first-order valence-electron chi connectivity index (χ1n) is 12.6. The highest BCUT2D eigenvalue weighted by atomic mass is 32.2. The van der Waals surface area contributed by atoms with Crippen LogP contribution in [-0.4, -0.2) is 39.3 Å². The molecular formula is C27H28F2N4O5S. The molecule has 39 heavy (non-hydrogen) atoms. The van der Waals surface area contributed by atoms with Crippen molar-refractivity contribution < 1.29 is 26.7 Å². The second kappa shape index (κ2) is 9.66. The van der Waals surface area contributed by atoms with Gasteiger partial charge in [0.25, 0.3) is 0 Å². The number of aromatic nitrogens is 2. The minimum Gasteiger partial charge on any atom is -0.391 e. The zero-order chi connectivity index (χ0) is 28.2. The molecule has 0 amide bonds. The predicted octanol–water partition coefficient (Wildman–Crippen LogP) is 3.52. The van der Waals surface area contributed by atoms with E-state index in [0.29, 0.717) is 18.4 Å². The molecule has 206 valence electrons. The number of hydrogen-bond donors (Lipinski definition) is 1. The van der Waals surface area contributed by atoms with Gasteiger partial charge in [-0.15, -0.1) is 5.10 Å². The number of nitriles is 1. The van der Waals surface area contributed by atoms with Crippen molar-refractivity contribution in [1.29, 1.82) is 5.26 Å². The van der Waals surface area contributed by atoms with Crippen LogP contribution in [0.5, 0.6) is 0 Å². The maximum atomic E-state index is 15.7. The zero-order valence-corrected chi connectivity index (χ0v) is 22.3. The van der Waals surface area contributed by atoms with E-state index in [1.165, 1.54) is 11.2 Å². The third-order valence-corrected chi connectivity index (χ3v) is 10.1. The van der Waals surface area contributed by atoms with Crippen molar-refractivity contribution in [3.63, 3.8) is 0 Å². The van der Waals surface area contributed by atoms with Gasteiger partial charge in [-0.3, -0.25) is 0 Å². The van der Waals surface area contributed by atoms with Crippen molar-refractivity contribution in [2.75, 3.05) is 0 Å². The highest BCUT2D eigenvalue weighted by Gasteiger charge is 2.58. The van der Waals surface area contributed by atoms with Crippen molar-refractivity contribution in [2.45, 2.75) is 74.9 Å². The molecular weight excluding hydrogens is 530 g/mol. The second-order valence-electron chi connectivity index (χ2n) is 10.8. The highest BCUT2D eigenvalue weighted by molar-refractivity contribution is 7.89. The maximum Gasteiger partial charge on any atom is 0.438 e. The summed E-state index contributed by atoms with van der Waals surface area (Å²) in [6.45, 7) is 2.51. The molecule has 2 aliphatic rings. The van der Waals surface area contributed by atoms with Crippen LogP contribution in [0.3, 0.4) is 0 Å². The summed E-state index contributed by atoms with van der Waals surface area (Å²) in [6, 6.07) is 12.1. The Balaban J connectivity index is 1.51. The summed E-state index contributed by atoms with van der Waals surface area (Å²) in [6.07, 6.45) is 0.784. The molecule has 2 heterocycles. The molecule has 0 spiro atoms. The van der Waals surface area contributed by atoms with Crippen LogP contribution >= 0.6 is 0 Å². The fourth-order valence-corrected chi connectivity index (χ4v) is 8.16. The molecule has 2 fully saturated rings. The summed E-state index contributed by atoms with van der Waals surface area (Å²) < 4.78 is 65.6. The van der Waals surface area contributed by atoms with E-state index in [0.717, 1.165) is 16.8 Å². The maximum absolute atomic E-state index is 15.7. The lowest BCUT2D eigenvalue weighted by Crippen LogP contribution is -2.54. The Labute approximate surface area is 224 Å². The van der Waals surface area contributed by atoms with E-state index in [-0.39, 0.29) is 36.4 Å². The van der Waals surface area contributed by atoms with Crippen molar-refractivity contribution >= 4 is 10.0 Å². The van der Waals surface area contributed by atoms with E-state index < -0.39 is 56.3 Å². The Kier molecular flexibility index (Phi) is 6.73. The Morgan fingerprint density at radius 3 is 2.51 bits per heavy atom. The van der Waals surface area contributed by atoms with Gasteiger partial charge >= 0.3 is 5.76 Å². The van der Waals surface area contributed by atoms with Crippen molar-refractivity contribution in [3.8, 4) is 6.07 Å². The normalized spacial score (nSPS) is 28.5. The van der Waals surface area contributed by atoms with Crippen molar-refractivity contribution in [1.82, 2.24) is 14.1 Å². The topological polar surface area (TPSA) is 129 Å². The van der Waals surface area contributed by atoms with Gasteiger partial charge in [-0.1, -0.05) is 30.3 Å². The lowest BCUT2D eigenvalue weighted by molar-refractivity contribution is -0.0705. The van der Waals surface area contributed by atoms with Gasteiger partial charge in [0.2, 0.25) is 15.9 Å². The third-order valence-electron chi connectivity index (χ3n) is 7.78. The van der Waals surface area contributed by atoms with Gasteiger partial charge in [0.15, 0.2) is 0 Å². The number of sulfonamides is 1. The van der Waals surface area contributed by atoms with Gasteiger partial charge < -0.3 is 9.52 Å². The summed E-state index contributed by atoms with van der Waals surface area (Å²) in [7, 11) is -3.87. The Morgan fingerprint density at radius 1 is 1.18 bits per heavy atom.